The number of nitrogens with one attached hydrogen (secondary N) is 1. The maximum absolute atomic E-state index is 14.0. The van der Waals surface area contributed by atoms with Gasteiger partial charge in [-0.2, -0.15) is 26.3 Å². The summed E-state index contributed by atoms with van der Waals surface area (Å²) in [7, 11) is 0. The van der Waals surface area contributed by atoms with E-state index in [1.54, 1.807) is 30.1 Å². The first-order valence-electron chi connectivity index (χ1n) is 16.4. The molecule has 1 atom stereocenters. The number of hydrazine groups is 1. The van der Waals surface area contributed by atoms with Gasteiger partial charge in [-0.15, -0.1) is 0 Å². The summed E-state index contributed by atoms with van der Waals surface area (Å²) in [6, 6.07) is 8.82. The molecule has 3 aliphatic heterocycles. The summed E-state index contributed by atoms with van der Waals surface area (Å²) < 4.78 is 91.8. The van der Waals surface area contributed by atoms with Gasteiger partial charge < -0.3 is 19.9 Å². The Morgan fingerprint density at radius 1 is 1.04 bits per heavy atom. The van der Waals surface area contributed by atoms with E-state index in [9.17, 15) is 41.0 Å². The molecule has 2 fully saturated rings. The third-order valence-electron chi connectivity index (χ3n) is 9.37. The summed E-state index contributed by atoms with van der Waals surface area (Å²) >= 11 is 6.55. The summed E-state index contributed by atoms with van der Waals surface area (Å²) in [5.74, 6) is -2.07. The molecule has 1 aromatic heterocycles. The molecule has 0 radical (unpaired) electrons. The van der Waals surface area contributed by atoms with Gasteiger partial charge in [-0.05, 0) is 61.7 Å². The average Bonchev–Trinajstić information content (AvgIpc) is 3.50. The van der Waals surface area contributed by atoms with Crippen LogP contribution < -0.4 is 10.1 Å². The van der Waals surface area contributed by atoms with E-state index in [2.05, 4.69) is 15.2 Å². The highest BCUT2D eigenvalue weighted by atomic mass is 35.5. The molecule has 2 amide bonds. The lowest BCUT2D eigenvalue weighted by Gasteiger charge is -2.46. The Balaban J connectivity index is 1.25. The second kappa shape index (κ2) is 14.6. The lowest BCUT2D eigenvalue weighted by atomic mass is 9.90. The molecule has 4 heterocycles. The minimum absolute atomic E-state index is 0.0466. The van der Waals surface area contributed by atoms with Crippen molar-refractivity contribution in [2.75, 3.05) is 51.3 Å². The first kappa shape index (κ1) is 37.4. The van der Waals surface area contributed by atoms with Crippen molar-refractivity contribution in [2.24, 2.45) is 0 Å². The Hall–Kier alpha value is -4.38. The molecule has 0 aliphatic carbocycles. The van der Waals surface area contributed by atoms with Gasteiger partial charge in [0.25, 0.3) is 11.8 Å². The number of aliphatic hydroxyl groups is 1. The number of anilines is 1. The smallest absolute Gasteiger partial charge is 0.433 e. The fraction of sp³-hybridized carbons (Fsp3) is 0.400. The molecular formula is C35H34ClF6N5O5. The highest BCUT2D eigenvalue weighted by molar-refractivity contribution is 6.32. The van der Waals surface area contributed by atoms with Crippen LogP contribution in [0, 0.1) is 0 Å². The number of carbonyl (C=O) groups excluding carboxylic acids is 2. The lowest BCUT2D eigenvalue weighted by molar-refractivity contribution is -0.160. The van der Waals surface area contributed by atoms with Gasteiger partial charge in [0.15, 0.2) is 0 Å². The molecule has 2 saturated heterocycles. The standard InChI is InChI=1S/C35H34ClF6N5O5/c1-33-9-2-10-47(33)46(20-21-3-7-27(25(36)17-21)52-16-13-45-11-14-51-15-12-45)32(50)29(30(33)48)31(49)44-26-6-5-23(34(37,38)39)18-24(26)22-4-8-28(43-19-22)35(40,41)42/h3-8,17-19,48H,2,9-16,20H2,1H3,(H,44,49)/t33-/m1/s1. The number of nitrogens with zero attached hydrogens (tertiary/aromatic N) is 4. The number of carbonyl (C=O) groups is 2. The molecule has 2 N–H and O–H groups in total. The number of ether oxygens (including phenoxy) is 2. The van der Waals surface area contributed by atoms with E-state index in [1.165, 1.54) is 5.01 Å². The molecule has 3 aromatic rings. The molecular weight excluding hydrogens is 720 g/mol. The Morgan fingerprint density at radius 3 is 2.44 bits per heavy atom. The van der Waals surface area contributed by atoms with Crippen molar-refractivity contribution in [3.05, 3.63) is 87.9 Å². The van der Waals surface area contributed by atoms with Crippen molar-refractivity contribution >= 4 is 29.1 Å². The molecule has 10 nitrogen and oxygen atoms in total. The second-order valence-electron chi connectivity index (χ2n) is 12.8. The minimum Gasteiger partial charge on any atom is -0.509 e. The van der Waals surface area contributed by atoms with Crippen molar-refractivity contribution in [2.45, 2.75) is 44.2 Å². The number of fused-ring (bicyclic) bond motifs is 1. The molecule has 278 valence electrons. The number of pyridine rings is 1. The van der Waals surface area contributed by atoms with Gasteiger partial charge in [-0.1, -0.05) is 23.7 Å². The number of alkyl halides is 6. The van der Waals surface area contributed by atoms with Crippen LogP contribution in [0.4, 0.5) is 32.0 Å². The van der Waals surface area contributed by atoms with Crippen molar-refractivity contribution in [3.63, 3.8) is 0 Å². The Kier molecular flexibility index (Phi) is 10.5. The third kappa shape index (κ3) is 7.70. The maximum Gasteiger partial charge on any atom is 0.433 e. The van der Waals surface area contributed by atoms with E-state index >= 15 is 0 Å². The van der Waals surface area contributed by atoms with Crippen molar-refractivity contribution in [1.29, 1.82) is 0 Å². The van der Waals surface area contributed by atoms with Crippen LogP contribution >= 0.6 is 11.6 Å². The van der Waals surface area contributed by atoms with Crippen LogP contribution in [0.3, 0.4) is 0 Å². The zero-order chi connectivity index (χ0) is 37.4. The van der Waals surface area contributed by atoms with Gasteiger partial charge in [-0.3, -0.25) is 24.5 Å². The van der Waals surface area contributed by atoms with E-state index in [0.29, 0.717) is 80.3 Å². The molecule has 17 heteroatoms. The fourth-order valence-corrected chi connectivity index (χ4v) is 6.82. The molecule has 3 aliphatic rings. The number of halogens is 7. The monoisotopic (exact) mass is 753 g/mol. The van der Waals surface area contributed by atoms with Gasteiger partial charge in [0.1, 0.15) is 29.4 Å². The van der Waals surface area contributed by atoms with Crippen LogP contribution in [0.2, 0.25) is 5.02 Å². The number of hydrogen-bond acceptors (Lipinski definition) is 8. The number of amides is 2. The second-order valence-corrected chi connectivity index (χ2v) is 13.2. The van der Waals surface area contributed by atoms with E-state index in [0.717, 1.165) is 31.4 Å². The van der Waals surface area contributed by atoms with E-state index in [4.69, 9.17) is 21.1 Å². The summed E-state index contributed by atoms with van der Waals surface area (Å²) in [5.41, 5.74) is -4.34. The SMILES string of the molecule is C[C@]12CCCN1N(Cc1ccc(OCCN3CCOCC3)c(Cl)c1)C(=O)C(C(=O)Nc1ccc(C(F)(F)F)cc1-c1ccc(C(F)(F)F)nc1)=C2O. The summed E-state index contributed by atoms with van der Waals surface area (Å²) in [6.07, 6.45) is -7.94. The Bertz CT molecular complexity index is 1870. The molecule has 0 saturated carbocycles. The molecule has 0 bridgehead atoms. The van der Waals surface area contributed by atoms with E-state index in [-0.39, 0.29) is 23.4 Å². The van der Waals surface area contributed by atoms with E-state index < -0.39 is 52.3 Å². The first-order valence-corrected chi connectivity index (χ1v) is 16.7. The van der Waals surface area contributed by atoms with Gasteiger partial charge in [0.2, 0.25) is 0 Å². The summed E-state index contributed by atoms with van der Waals surface area (Å²) in [6.45, 7) is 6.01. The zero-order valence-corrected chi connectivity index (χ0v) is 28.5. The quantitative estimate of drug-likeness (QED) is 0.184. The Morgan fingerprint density at radius 2 is 1.79 bits per heavy atom. The van der Waals surface area contributed by atoms with Crippen LogP contribution in [-0.2, 0) is 33.2 Å². The van der Waals surface area contributed by atoms with E-state index in [1.807, 2.05) is 0 Å². The van der Waals surface area contributed by atoms with Crippen LogP contribution in [0.15, 0.2) is 66.1 Å². The fourth-order valence-electron chi connectivity index (χ4n) is 6.56. The summed E-state index contributed by atoms with van der Waals surface area (Å²) in [5, 5.41) is 17.1. The molecule has 2 aromatic carbocycles. The highest BCUT2D eigenvalue weighted by Gasteiger charge is 2.52. The Labute approximate surface area is 299 Å². The van der Waals surface area contributed by atoms with Gasteiger partial charge in [0.05, 0.1) is 35.9 Å². The molecule has 6 rings (SSSR count). The van der Waals surface area contributed by atoms with Crippen LogP contribution in [0.1, 0.15) is 36.6 Å². The van der Waals surface area contributed by atoms with Crippen LogP contribution in [0.5, 0.6) is 5.75 Å². The minimum atomic E-state index is -4.83. The van der Waals surface area contributed by atoms with Crippen molar-refractivity contribution in [1.82, 2.24) is 19.9 Å². The first-order chi connectivity index (χ1) is 24.6. The largest absolute Gasteiger partial charge is 0.509 e. The van der Waals surface area contributed by atoms with Gasteiger partial charge >= 0.3 is 12.4 Å². The number of rotatable bonds is 9. The number of hydrogen-bond donors (Lipinski definition) is 2. The highest BCUT2D eigenvalue weighted by Crippen LogP contribution is 2.43. The number of morpholine rings is 1. The van der Waals surface area contributed by atoms with Crippen molar-refractivity contribution < 1.29 is 50.5 Å². The number of benzene rings is 2. The van der Waals surface area contributed by atoms with Gasteiger partial charge in [-0.25, -0.2) is 5.01 Å². The van der Waals surface area contributed by atoms with Crippen LogP contribution in [0.25, 0.3) is 11.1 Å². The normalized spacial score (nSPS) is 20.3. The number of aromatic nitrogens is 1. The third-order valence-corrected chi connectivity index (χ3v) is 9.67. The predicted octanol–water partition coefficient (Wildman–Crippen LogP) is 6.71. The predicted molar refractivity (Wildman–Crippen MR) is 177 cm³/mol. The maximum atomic E-state index is 14.0. The lowest BCUT2D eigenvalue weighted by Crippen LogP contribution is -2.60. The van der Waals surface area contributed by atoms with Crippen LogP contribution in [-0.4, -0.2) is 88.4 Å². The molecule has 0 spiro atoms. The zero-order valence-electron chi connectivity index (χ0n) is 27.8. The van der Waals surface area contributed by atoms with Gasteiger partial charge in [0, 0.05) is 49.2 Å². The molecule has 52 heavy (non-hydrogen) atoms. The number of aliphatic hydroxyl groups excluding tert-OH is 1. The summed E-state index contributed by atoms with van der Waals surface area (Å²) in [4.78, 5) is 33.4. The molecule has 0 unspecified atom stereocenters. The van der Waals surface area contributed by atoms with Crippen molar-refractivity contribution in [3.8, 4) is 16.9 Å². The average molecular weight is 754 g/mol. The topological polar surface area (TPSA) is 107 Å².